The molecule has 1 heterocycles. The number of benzene rings is 2. The smallest absolute Gasteiger partial charge is 0.206 e. The van der Waals surface area contributed by atoms with Crippen LogP contribution in [0.25, 0.3) is 16.7 Å². The van der Waals surface area contributed by atoms with Gasteiger partial charge in [0.25, 0.3) is 0 Å². The first-order valence-corrected chi connectivity index (χ1v) is 6.12. The largest absolute Gasteiger partial charge is 0.369 e. The van der Waals surface area contributed by atoms with Crippen molar-refractivity contribution in [1.29, 1.82) is 5.26 Å². The van der Waals surface area contributed by atoms with E-state index in [2.05, 4.69) is 11.1 Å². The third kappa shape index (κ3) is 1.78. The predicted molar refractivity (Wildman–Crippen MR) is 75.2 cm³/mol. The summed E-state index contributed by atoms with van der Waals surface area (Å²) >= 11 is 6.06. The van der Waals surface area contributed by atoms with Crippen molar-refractivity contribution in [1.82, 2.24) is 9.55 Å². The first-order chi connectivity index (χ1) is 9.61. The summed E-state index contributed by atoms with van der Waals surface area (Å²) in [5.41, 5.74) is 7.99. The molecule has 0 aliphatic carbocycles. The summed E-state index contributed by atoms with van der Waals surface area (Å²) in [6.45, 7) is 0. The Bertz CT molecular complexity index is 863. The third-order valence-corrected chi connectivity index (χ3v) is 3.28. The van der Waals surface area contributed by atoms with E-state index in [1.165, 1.54) is 18.2 Å². The number of aromatic nitrogens is 2. The van der Waals surface area contributed by atoms with Crippen molar-refractivity contribution in [3.05, 3.63) is 52.8 Å². The van der Waals surface area contributed by atoms with Crippen molar-refractivity contribution < 1.29 is 4.39 Å². The number of halogens is 2. The Balaban J connectivity index is 2.37. The molecule has 0 unspecified atom stereocenters. The molecule has 0 amide bonds. The fraction of sp³-hybridized carbons (Fsp3) is 0. The third-order valence-electron chi connectivity index (χ3n) is 2.98. The van der Waals surface area contributed by atoms with Crippen LogP contribution in [0.2, 0.25) is 5.02 Å². The van der Waals surface area contributed by atoms with Crippen LogP contribution in [-0.2, 0) is 0 Å². The molecule has 0 fully saturated rings. The number of nitrogens with two attached hydrogens (primary N) is 1. The highest BCUT2D eigenvalue weighted by atomic mass is 35.5. The molecule has 1 aromatic heterocycles. The van der Waals surface area contributed by atoms with Gasteiger partial charge in [-0.05, 0) is 30.3 Å². The second-order valence-corrected chi connectivity index (χ2v) is 4.59. The van der Waals surface area contributed by atoms with Gasteiger partial charge in [0.1, 0.15) is 17.4 Å². The SMILES string of the molecule is N#Cc1cccc2c1nc(N)n2-c1ccc(F)cc1Cl. The molecule has 3 rings (SSSR count). The first kappa shape index (κ1) is 12.5. The van der Waals surface area contributed by atoms with Gasteiger partial charge in [-0.25, -0.2) is 9.37 Å². The summed E-state index contributed by atoms with van der Waals surface area (Å²) in [6.07, 6.45) is 0. The standard InChI is InChI=1S/C14H8ClFN4/c15-10-6-9(16)4-5-11(10)20-12-3-1-2-8(7-17)13(12)19-14(20)18/h1-6H,(H2,18,19). The van der Waals surface area contributed by atoms with Crippen molar-refractivity contribution in [2.75, 3.05) is 5.73 Å². The van der Waals surface area contributed by atoms with Crippen LogP contribution < -0.4 is 5.73 Å². The lowest BCUT2D eigenvalue weighted by atomic mass is 10.2. The minimum atomic E-state index is -0.431. The molecular weight excluding hydrogens is 279 g/mol. The van der Waals surface area contributed by atoms with E-state index < -0.39 is 5.82 Å². The molecule has 2 N–H and O–H groups in total. The van der Waals surface area contributed by atoms with Crippen LogP contribution in [0.3, 0.4) is 0 Å². The van der Waals surface area contributed by atoms with E-state index in [1.54, 1.807) is 22.8 Å². The van der Waals surface area contributed by atoms with Crippen LogP contribution in [0.1, 0.15) is 5.56 Å². The highest BCUT2D eigenvalue weighted by Crippen LogP contribution is 2.29. The zero-order chi connectivity index (χ0) is 14.3. The van der Waals surface area contributed by atoms with Gasteiger partial charge in [-0.3, -0.25) is 4.57 Å². The molecule has 20 heavy (non-hydrogen) atoms. The number of fused-ring (bicyclic) bond motifs is 1. The first-order valence-electron chi connectivity index (χ1n) is 5.74. The lowest BCUT2D eigenvalue weighted by Crippen LogP contribution is -2.01. The lowest BCUT2D eigenvalue weighted by Gasteiger charge is -2.08. The van der Waals surface area contributed by atoms with E-state index in [9.17, 15) is 4.39 Å². The topological polar surface area (TPSA) is 67.6 Å². The summed E-state index contributed by atoms with van der Waals surface area (Å²) in [7, 11) is 0. The number of anilines is 1. The Morgan fingerprint density at radius 3 is 2.80 bits per heavy atom. The summed E-state index contributed by atoms with van der Waals surface area (Å²) < 4.78 is 14.7. The van der Waals surface area contributed by atoms with E-state index in [0.717, 1.165) is 0 Å². The number of nitriles is 1. The van der Waals surface area contributed by atoms with Crippen LogP contribution in [0.4, 0.5) is 10.3 Å². The van der Waals surface area contributed by atoms with Gasteiger partial charge < -0.3 is 5.73 Å². The normalized spacial score (nSPS) is 10.7. The maximum atomic E-state index is 13.1. The molecule has 0 spiro atoms. The molecule has 0 saturated heterocycles. The number of rotatable bonds is 1. The average Bonchev–Trinajstić information content (AvgIpc) is 2.75. The molecular formula is C14H8ClFN4. The molecule has 0 aliphatic rings. The van der Waals surface area contributed by atoms with Crippen LogP contribution in [0.5, 0.6) is 0 Å². The van der Waals surface area contributed by atoms with Gasteiger partial charge in [0.05, 0.1) is 21.8 Å². The molecule has 2 aromatic carbocycles. The second-order valence-electron chi connectivity index (χ2n) is 4.19. The molecule has 0 radical (unpaired) electrons. The second kappa shape index (κ2) is 4.51. The van der Waals surface area contributed by atoms with E-state index >= 15 is 0 Å². The zero-order valence-electron chi connectivity index (χ0n) is 10.1. The molecule has 0 atom stereocenters. The molecule has 0 bridgehead atoms. The van der Waals surface area contributed by atoms with Crippen LogP contribution in [0, 0.1) is 17.1 Å². The maximum Gasteiger partial charge on any atom is 0.206 e. The summed E-state index contributed by atoms with van der Waals surface area (Å²) in [5, 5.41) is 9.30. The van der Waals surface area contributed by atoms with Crippen molar-refractivity contribution >= 4 is 28.6 Å². The Kier molecular flexibility index (Phi) is 2.81. The summed E-state index contributed by atoms with van der Waals surface area (Å²) in [6, 6.07) is 11.2. The number of hydrogen-bond acceptors (Lipinski definition) is 3. The zero-order valence-corrected chi connectivity index (χ0v) is 10.9. The van der Waals surface area contributed by atoms with Gasteiger partial charge >= 0.3 is 0 Å². The monoisotopic (exact) mass is 286 g/mol. The summed E-state index contributed by atoms with van der Waals surface area (Å²) in [4.78, 5) is 4.19. The van der Waals surface area contributed by atoms with Gasteiger partial charge in [-0.15, -0.1) is 0 Å². The molecule has 4 nitrogen and oxygen atoms in total. The minimum Gasteiger partial charge on any atom is -0.369 e. The number of para-hydroxylation sites is 1. The molecule has 0 saturated carbocycles. The van der Waals surface area contributed by atoms with Gasteiger partial charge in [0, 0.05) is 0 Å². The van der Waals surface area contributed by atoms with Crippen molar-refractivity contribution in [2.24, 2.45) is 0 Å². The van der Waals surface area contributed by atoms with E-state index in [-0.39, 0.29) is 11.0 Å². The highest BCUT2D eigenvalue weighted by Gasteiger charge is 2.15. The lowest BCUT2D eigenvalue weighted by molar-refractivity contribution is 0.627. The number of nitrogen functional groups attached to an aromatic ring is 1. The van der Waals surface area contributed by atoms with Gasteiger partial charge in [-0.2, -0.15) is 5.26 Å². The van der Waals surface area contributed by atoms with Crippen LogP contribution >= 0.6 is 11.6 Å². The molecule has 98 valence electrons. The number of hydrogen-bond donors (Lipinski definition) is 1. The minimum absolute atomic E-state index is 0.191. The van der Waals surface area contributed by atoms with E-state index in [0.29, 0.717) is 22.3 Å². The summed E-state index contributed by atoms with van der Waals surface area (Å²) in [5.74, 6) is -0.240. The molecule has 3 aromatic rings. The predicted octanol–water partition coefficient (Wildman–Crippen LogP) is 3.27. The van der Waals surface area contributed by atoms with Crippen molar-refractivity contribution in [3.8, 4) is 11.8 Å². The van der Waals surface area contributed by atoms with Crippen LogP contribution in [0.15, 0.2) is 36.4 Å². The van der Waals surface area contributed by atoms with Gasteiger partial charge in [0.2, 0.25) is 5.95 Å². The Morgan fingerprint density at radius 2 is 2.10 bits per heavy atom. The van der Waals surface area contributed by atoms with Crippen LogP contribution in [-0.4, -0.2) is 9.55 Å². The fourth-order valence-corrected chi connectivity index (χ4v) is 2.37. The van der Waals surface area contributed by atoms with Gasteiger partial charge in [0.15, 0.2) is 0 Å². The number of nitrogens with zero attached hydrogens (tertiary/aromatic N) is 3. The molecule has 0 aliphatic heterocycles. The highest BCUT2D eigenvalue weighted by molar-refractivity contribution is 6.32. The number of imidazole rings is 1. The van der Waals surface area contributed by atoms with Gasteiger partial charge in [-0.1, -0.05) is 17.7 Å². The Morgan fingerprint density at radius 1 is 1.30 bits per heavy atom. The Hall–Kier alpha value is -2.58. The van der Waals surface area contributed by atoms with E-state index in [1.807, 2.05) is 0 Å². The van der Waals surface area contributed by atoms with E-state index in [4.69, 9.17) is 22.6 Å². The van der Waals surface area contributed by atoms with Crippen molar-refractivity contribution in [2.45, 2.75) is 0 Å². The quantitative estimate of drug-likeness (QED) is 0.746. The van der Waals surface area contributed by atoms with Crippen molar-refractivity contribution in [3.63, 3.8) is 0 Å². The Labute approximate surface area is 118 Å². The maximum absolute atomic E-state index is 13.1. The molecule has 6 heteroatoms. The fourth-order valence-electron chi connectivity index (χ4n) is 2.12. The average molecular weight is 287 g/mol.